The molecular formula is C17H27N3O4. The van der Waals surface area contributed by atoms with Crippen LogP contribution in [0.3, 0.4) is 0 Å². The molecule has 2 aliphatic heterocycles. The van der Waals surface area contributed by atoms with Crippen molar-refractivity contribution in [2.45, 2.75) is 51.0 Å². The summed E-state index contributed by atoms with van der Waals surface area (Å²) in [5, 5.41) is 12.0. The molecule has 24 heavy (non-hydrogen) atoms. The molecule has 0 aromatic heterocycles. The maximum atomic E-state index is 12.4. The number of aliphatic carboxylic acids is 1. The highest BCUT2D eigenvalue weighted by molar-refractivity contribution is 5.80. The predicted molar refractivity (Wildman–Crippen MR) is 87.4 cm³/mol. The van der Waals surface area contributed by atoms with E-state index in [-0.39, 0.29) is 29.8 Å². The lowest BCUT2D eigenvalue weighted by molar-refractivity contribution is -0.141. The topological polar surface area (TPSA) is 90.0 Å². The molecule has 7 nitrogen and oxygen atoms in total. The molecule has 1 aliphatic carbocycles. The number of nitrogens with zero attached hydrogens (tertiary/aromatic N) is 2. The Morgan fingerprint density at radius 2 is 1.46 bits per heavy atom. The second kappa shape index (κ2) is 7.40. The third kappa shape index (κ3) is 3.82. The van der Waals surface area contributed by atoms with Crippen LogP contribution in [0.5, 0.6) is 0 Å². The largest absolute Gasteiger partial charge is 0.481 e. The molecule has 3 fully saturated rings. The van der Waals surface area contributed by atoms with E-state index in [9.17, 15) is 14.4 Å². The minimum absolute atomic E-state index is 0.0112. The van der Waals surface area contributed by atoms with E-state index in [1.807, 2.05) is 9.80 Å². The molecular weight excluding hydrogens is 310 g/mol. The van der Waals surface area contributed by atoms with Gasteiger partial charge in [0.1, 0.15) is 0 Å². The van der Waals surface area contributed by atoms with Gasteiger partial charge in [0.25, 0.3) is 0 Å². The molecule has 7 heteroatoms. The summed E-state index contributed by atoms with van der Waals surface area (Å²) in [7, 11) is 0. The molecule has 2 atom stereocenters. The van der Waals surface area contributed by atoms with Crippen LogP contribution in [0.2, 0.25) is 0 Å². The van der Waals surface area contributed by atoms with Gasteiger partial charge in [-0.25, -0.2) is 4.79 Å². The van der Waals surface area contributed by atoms with Gasteiger partial charge in [-0.3, -0.25) is 9.59 Å². The summed E-state index contributed by atoms with van der Waals surface area (Å²) in [6.07, 6.45) is 5.49. The number of piperidine rings is 1. The van der Waals surface area contributed by atoms with Gasteiger partial charge < -0.3 is 20.2 Å². The zero-order chi connectivity index (χ0) is 17.1. The Morgan fingerprint density at radius 3 is 2.04 bits per heavy atom. The standard InChI is InChI=1S/C17H27N3O4/c21-15(18-14-4-3-13(11-14)16(22)23)12-5-9-20(10-6-12)17(24)19-7-1-2-8-19/h12-14H,1-11H2,(H,18,21)(H,22,23)/t13-,14+/m1/s1. The van der Waals surface area contributed by atoms with Crippen LogP contribution in [0.15, 0.2) is 0 Å². The number of carbonyl (C=O) groups is 3. The Labute approximate surface area is 142 Å². The van der Waals surface area contributed by atoms with Gasteiger partial charge in [-0.2, -0.15) is 0 Å². The van der Waals surface area contributed by atoms with Crippen molar-refractivity contribution < 1.29 is 19.5 Å². The number of nitrogens with one attached hydrogen (secondary N) is 1. The van der Waals surface area contributed by atoms with Crippen molar-refractivity contribution in [1.29, 1.82) is 0 Å². The smallest absolute Gasteiger partial charge is 0.319 e. The van der Waals surface area contributed by atoms with Crippen molar-refractivity contribution >= 4 is 17.9 Å². The summed E-state index contributed by atoms with van der Waals surface area (Å²) in [6, 6.07) is 0.106. The first-order valence-corrected chi connectivity index (χ1v) is 9.11. The number of carboxylic acid groups (broad SMARTS) is 1. The summed E-state index contributed by atoms with van der Waals surface area (Å²) in [6.45, 7) is 2.98. The quantitative estimate of drug-likeness (QED) is 0.812. The normalized spacial score (nSPS) is 28.2. The molecule has 0 aromatic carbocycles. The van der Waals surface area contributed by atoms with E-state index in [4.69, 9.17) is 5.11 Å². The first kappa shape index (κ1) is 17.0. The van der Waals surface area contributed by atoms with Crippen molar-refractivity contribution in [3.8, 4) is 0 Å². The predicted octanol–water partition coefficient (Wildman–Crippen LogP) is 1.28. The molecule has 134 valence electrons. The van der Waals surface area contributed by atoms with E-state index in [0.29, 0.717) is 38.8 Å². The second-order valence-corrected chi connectivity index (χ2v) is 7.29. The highest BCUT2D eigenvalue weighted by Crippen LogP contribution is 2.27. The van der Waals surface area contributed by atoms with Crippen LogP contribution in [-0.2, 0) is 9.59 Å². The van der Waals surface area contributed by atoms with Crippen LogP contribution in [0, 0.1) is 11.8 Å². The molecule has 0 spiro atoms. The van der Waals surface area contributed by atoms with Crippen LogP contribution >= 0.6 is 0 Å². The Kier molecular flexibility index (Phi) is 5.26. The van der Waals surface area contributed by atoms with E-state index < -0.39 is 5.97 Å². The lowest BCUT2D eigenvalue weighted by Crippen LogP contribution is -2.48. The van der Waals surface area contributed by atoms with Gasteiger partial charge in [-0.15, -0.1) is 0 Å². The maximum absolute atomic E-state index is 12.4. The number of carbonyl (C=O) groups excluding carboxylic acids is 2. The molecule has 0 aromatic rings. The Balaban J connectivity index is 1.42. The van der Waals surface area contributed by atoms with Gasteiger partial charge in [0, 0.05) is 38.1 Å². The van der Waals surface area contributed by atoms with E-state index >= 15 is 0 Å². The lowest BCUT2D eigenvalue weighted by atomic mass is 9.95. The average Bonchev–Trinajstić information content (AvgIpc) is 3.26. The Morgan fingerprint density at radius 1 is 0.833 bits per heavy atom. The van der Waals surface area contributed by atoms with Crippen LogP contribution < -0.4 is 5.32 Å². The van der Waals surface area contributed by atoms with Gasteiger partial charge in [0.15, 0.2) is 0 Å². The Bertz CT molecular complexity index is 496. The molecule has 0 bridgehead atoms. The lowest BCUT2D eigenvalue weighted by Gasteiger charge is -2.34. The fraction of sp³-hybridized carbons (Fsp3) is 0.824. The van der Waals surface area contributed by atoms with E-state index in [2.05, 4.69) is 5.32 Å². The van der Waals surface area contributed by atoms with Gasteiger partial charge in [-0.05, 0) is 44.9 Å². The van der Waals surface area contributed by atoms with Crippen LogP contribution in [0.25, 0.3) is 0 Å². The van der Waals surface area contributed by atoms with Crippen molar-refractivity contribution in [2.75, 3.05) is 26.2 Å². The van der Waals surface area contributed by atoms with E-state index in [1.165, 1.54) is 0 Å². The molecule has 0 radical (unpaired) electrons. The zero-order valence-electron chi connectivity index (χ0n) is 14.1. The SMILES string of the molecule is O=C(N[C@H]1CC[C@@H](C(=O)O)C1)C1CCN(C(=O)N2CCCC2)CC1. The summed E-state index contributed by atoms with van der Waals surface area (Å²) >= 11 is 0. The molecule has 2 heterocycles. The molecule has 3 aliphatic rings. The minimum atomic E-state index is -0.763. The summed E-state index contributed by atoms with van der Waals surface area (Å²) in [5.41, 5.74) is 0. The molecule has 0 unspecified atom stereocenters. The maximum Gasteiger partial charge on any atom is 0.319 e. The number of amides is 3. The number of hydrogen-bond donors (Lipinski definition) is 2. The minimum Gasteiger partial charge on any atom is -0.481 e. The monoisotopic (exact) mass is 337 g/mol. The summed E-state index contributed by atoms with van der Waals surface area (Å²) in [5.74, 6) is -1.12. The first-order chi connectivity index (χ1) is 11.5. The summed E-state index contributed by atoms with van der Waals surface area (Å²) < 4.78 is 0. The number of likely N-dealkylation sites (tertiary alicyclic amines) is 2. The number of urea groups is 1. The number of hydrogen-bond acceptors (Lipinski definition) is 3. The molecule has 2 saturated heterocycles. The van der Waals surface area contributed by atoms with Crippen molar-refractivity contribution in [1.82, 2.24) is 15.1 Å². The van der Waals surface area contributed by atoms with Gasteiger partial charge in [0.05, 0.1) is 5.92 Å². The van der Waals surface area contributed by atoms with Gasteiger partial charge in [-0.1, -0.05) is 0 Å². The van der Waals surface area contributed by atoms with Gasteiger partial charge in [0.2, 0.25) is 5.91 Å². The summed E-state index contributed by atoms with van der Waals surface area (Å²) in [4.78, 5) is 39.5. The third-order valence-corrected chi connectivity index (χ3v) is 5.64. The fourth-order valence-electron chi connectivity index (χ4n) is 4.10. The fourth-order valence-corrected chi connectivity index (χ4v) is 4.10. The number of carboxylic acids is 1. The molecule has 3 amide bonds. The third-order valence-electron chi connectivity index (χ3n) is 5.64. The van der Waals surface area contributed by atoms with Crippen molar-refractivity contribution in [3.05, 3.63) is 0 Å². The molecule has 2 N–H and O–H groups in total. The first-order valence-electron chi connectivity index (χ1n) is 9.11. The van der Waals surface area contributed by atoms with E-state index in [0.717, 1.165) is 32.4 Å². The second-order valence-electron chi connectivity index (χ2n) is 7.29. The van der Waals surface area contributed by atoms with Crippen molar-refractivity contribution in [3.63, 3.8) is 0 Å². The average molecular weight is 337 g/mol. The Hall–Kier alpha value is -1.79. The van der Waals surface area contributed by atoms with Crippen molar-refractivity contribution in [2.24, 2.45) is 11.8 Å². The molecule has 1 saturated carbocycles. The highest BCUT2D eigenvalue weighted by Gasteiger charge is 2.34. The highest BCUT2D eigenvalue weighted by atomic mass is 16.4. The van der Waals surface area contributed by atoms with Crippen LogP contribution in [0.1, 0.15) is 44.9 Å². The molecule has 3 rings (SSSR count). The van der Waals surface area contributed by atoms with Gasteiger partial charge >= 0.3 is 12.0 Å². The number of rotatable bonds is 3. The van der Waals surface area contributed by atoms with Crippen LogP contribution in [-0.4, -0.2) is 65.0 Å². The zero-order valence-corrected chi connectivity index (χ0v) is 14.1. The van der Waals surface area contributed by atoms with E-state index in [1.54, 1.807) is 0 Å². The van der Waals surface area contributed by atoms with Crippen LogP contribution in [0.4, 0.5) is 4.79 Å².